The summed E-state index contributed by atoms with van der Waals surface area (Å²) in [6.45, 7) is 0.304. The Morgan fingerprint density at radius 3 is 2.49 bits per heavy atom. The van der Waals surface area contributed by atoms with E-state index in [4.69, 9.17) is 32.9 Å². The minimum Gasteiger partial charge on any atom is -0.374 e. The first kappa shape index (κ1) is 27.1. The van der Waals surface area contributed by atoms with E-state index < -0.39 is 49.0 Å². The van der Waals surface area contributed by atoms with Crippen LogP contribution in [0.4, 0.5) is 22.0 Å². The van der Waals surface area contributed by atoms with Crippen molar-refractivity contribution in [2.75, 3.05) is 13.2 Å². The van der Waals surface area contributed by atoms with E-state index >= 15 is 0 Å². The van der Waals surface area contributed by atoms with Crippen LogP contribution in [0.25, 0.3) is 0 Å². The molecule has 0 unspecified atom stereocenters. The van der Waals surface area contributed by atoms with Crippen LogP contribution in [0.2, 0.25) is 10.0 Å². The van der Waals surface area contributed by atoms with Gasteiger partial charge in [-0.1, -0.05) is 34.4 Å². The monoisotopic (exact) mass is 565 g/mol. The molecule has 1 saturated heterocycles. The van der Waals surface area contributed by atoms with Crippen LogP contribution in [-0.2, 0) is 20.1 Å². The number of nitrogens with one attached hydrogen (secondary N) is 1. The molecule has 2 amide bonds. The molecule has 14 heteroatoms. The van der Waals surface area contributed by atoms with E-state index in [-0.39, 0.29) is 39.1 Å². The molecule has 2 aromatic carbocycles. The van der Waals surface area contributed by atoms with Crippen molar-refractivity contribution in [3.05, 3.63) is 68.7 Å². The fraction of sp³-hybridized carbons (Fsp3) is 0.348. The number of hydrogen-bond donors (Lipinski definition) is 1. The van der Waals surface area contributed by atoms with Gasteiger partial charge < -0.3 is 10.2 Å². The maximum absolute atomic E-state index is 14.2. The average molecular weight is 566 g/mol. The van der Waals surface area contributed by atoms with E-state index in [2.05, 4.69) is 10.5 Å². The lowest BCUT2D eigenvalue weighted by atomic mass is 9.86. The van der Waals surface area contributed by atoms with Gasteiger partial charge in [0, 0.05) is 27.6 Å². The number of benzene rings is 2. The lowest BCUT2D eigenvalue weighted by Crippen LogP contribution is -2.43. The van der Waals surface area contributed by atoms with E-state index in [9.17, 15) is 31.5 Å². The molecule has 1 N–H and O–H groups in total. The summed E-state index contributed by atoms with van der Waals surface area (Å²) in [6.07, 6.45) is -8.34. The van der Waals surface area contributed by atoms with Crippen LogP contribution in [0.3, 0.4) is 0 Å². The molecular weight excluding hydrogens is 548 g/mol. The van der Waals surface area contributed by atoms with Gasteiger partial charge in [0.05, 0.1) is 5.71 Å². The van der Waals surface area contributed by atoms with Gasteiger partial charge in [-0.25, -0.2) is 13.8 Å². The van der Waals surface area contributed by atoms with Gasteiger partial charge in [-0.3, -0.25) is 14.4 Å². The second-order valence-corrected chi connectivity index (χ2v) is 9.30. The number of aryl methyl sites for hydroxylation is 1. The molecule has 198 valence electrons. The molecule has 0 spiro atoms. The Kier molecular flexibility index (Phi) is 7.37. The third-order valence-electron chi connectivity index (χ3n) is 5.87. The summed E-state index contributed by atoms with van der Waals surface area (Å²) in [5, 5.41) is 6.58. The molecule has 0 radical (unpaired) electrons. The molecule has 0 bridgehead atoms. The molecule has 7 nitrogen and oxygen atoms in total. The molecule has 0 aromatic heterocycles. The first-order chi connectivity index (χ1) is 17.3. The van der Waals surface area contributed by atoms with Crippen LogP contribution in [0.5, 0.6) is 0 Å². The predicted molar refractivity (Wildman–Crippen MR) is 123 cm³/mol. The molecular formula is C23H18Cl2F5N3O4. The van der Waals surface area contributed by atoms with Gasteiger partial charge in [-0.05, 0) is 48.4 Å². The third kappa shape index (κ3) is 5.36. The lowest BCUT2D eigenvalue weighted by molar-refractivity contribution is -0.275. The van der Waals surface area contributed by atoms with E-state index in [1.54, 1.807) is 6.92 Å². The Hall–Kier alpha value is -2.96. The summed E-state index contributed by atoms with van der Waals surface area (Å²) in [4.78, 5) is 34.7. The Labute approximate surface area is 217 Å². The normalized spacial score (nSPS) is 21.9. The number of alkyl halides is 5. The van der Waals surface area contributed by atoms with Gasteiger partial charge in [-0.2, -0.15) is 13.2 Å². The van der Waals surface area contributed by atoms with Crippen LogP contribution in [0.1, 0.15) is 33.5 Å². The molecule has 2 aliphatic rings. The van der Waals surface area contributed by atoms with E-state index in [0.29, 0.717) is 10.6 Å². The van der Waals surface area contributed by atoms with Crippen molar-refractivity contribution in [2.24, 2.45) is 5.16 Å². The highest BCUT2D eigenvalue weighted by atomic mass is 35.5. The van der Waals surface area contributed by atoms with Crippen LogP contribution in [-0.4, -0.2) is 54.4 Å². The highest BCUT2D eigenvalue weighted by molar-refractivity contribution is 6.34. The minimum atomic E-state index is -4.87. The van der Waals surface area contributed by atoms with E-state index in [1.165, 1.54) is 24.3 Å². The maximum atomic E-state index is 14.2. The average Bonchev–Trinajstić information content (AvgIpc) is 3.39. The Bertz CT molecular complexity index is 1250. The smallest absolute Gasteiger partial charge is 0.374 e. The summed E-state index contributed by atoms with van der Waals surface area (Å²) < 4.78 is 67.7. The highest BCUT2D eigenvalue weighted by Crippen LogP contribution is 2.49. The molecule has 37 heavy (non-hydrogen) atoms. The van der Waals surface area contributed by atoms with Crippen molar-refractivity contribution < 1.29 is 41.2 Å². The maximum Gasteiger partial charge on any atom is 0.435 e. The van der Waals surface area contributed by atoms with Gasteiger partial charge in [0.15, 0.2) is 0 Å². The first-order valence-corrected chi connectivity index (χ1v) is 11.5. The molecule has 2 aromatic rings. The van der Waals surface area contributed by atoms with Gasteiger partial charge in [0.1, 0.15) is 19.2 Å². The van der Waals surface area contributed by atoms with Gasteiger partial charge in [0.25, 0.3) is 23.8 Å². The molecule has 1 fully saturated rings. The number of carbonyl (C=O) groups excluding carboxylic acids is 2. The van der Waals surface area contributed by atoms with Gasteiger partial charge in [-0.15, -0.1) is 0 Å². The Balaban J connectivity index is 1.52. The molecule has 0 aliphatic carbocycles. The van der Waals surface area contributed by atoms with Crippen molar-refractivity contribution in [3.63, 3.8) is 0 Å². The van der Waals surface area contributed by atoms with Crippen molar-refractivity contribution >= 4 is 40.7 Å². The van der Waals surface area contributed by atoms with Crippen molar-refractivity contribution in [3.8, 4) is 0 Å². The summed E-state index contributed by atoms with van der Waals surface area (Å²) in [6, 6.07) is 6.53. The number of rotatable bonds is 6. The highest BCUT2D eigenvalue weighted by Gasteiger charge is 2.62. The zero-order valence-electron chi connectivity index (χ0n) is 18.9. The van der Waals surface area contributed by atoms with Crippen molar-refractivity contribution in [1.29, 1.82) is 0 Å². The van der Waals surface area contributed by atoms with Gasteiger partial charge >= 0.3 is 6.18 Å². The number of oxime groups is 1. The molecule has 2 atom stereocenters. The second-order valence-electron chi connectivity index (χ2n) is 8.43. The lowest BCUT2D eigenvalue weighted by Gasteiger charge is -2.29. The second kappa shape index (κ2) is 10.1. The first-order valence-electron chi connectivity index (χ1n) is 10.7. The van der Waals surface area contributed by atoms with Crippen molar-refractivity contribution in [1.82, 2.24) is 10.4 Å². The van der Waals surface area contributed by atoms with Crippen LogP contribution < -0.4 is 5.32 Å². The number of amides is 2. The third-order valence-corrected chi connectivity index (χ3v) is 6.31. The quantitative estimate of drug-likeness (QED) is 0.499. The largest absolute Gasteiger partial charge is 0.435 e. The number of hydrogen-bond acceptors (Lipinski definition) is 5. The van der Waals surface area contributed by atoms with Crippen LogP contribution in [0, 0.1) is 6.92 Å². The predicted octanol–water partition coefficient (Wildman–Crippen LogP) is 5.02. The fourth-order valence-electron chi connectivity index (χ4n) is 4.02. The summed E-state index contributed by atoms with van der Waals surface area (Å²) in [5.41, 5.74) is -2.39. The summed E-state index contributed by atoms with van der Waals surface area (Å²) >= 11 is 11.8. The Morgan fingerprint density at radius 1 is 1.22 bits per heavy atom. The molecule has 0 saturated carbocycles. The topological polar surface area (TPSA) is 80.2 Å². The van der Waals surface area contributed by atoms with Gasteiger partial charge in [0.2, 0.25) is 0 Å². The zero-order chi connectivity index (χ0) is 27.1. The van der Waals surface area contributed by atoms with Crippen molar-refractivity contribution in [2.45, 2.75) is 37.6 Å². The van der Waals surface area contributed by atoms with E-state index in [0.717, 1.165) is 12.1 Å². The molecule has 2 heterocycles. The molecule has 4 rings (SSSR count). The standard InChI is InChI=1S/C23H18Cl2F5N3O4/c1-11-4-12(2-3-16(11)20(34)31-18-10-36-33(21(18)35)9-19(26)27)17-8-22(37-32-17,23(28,29)30)13-5-14(24)7-15(25)6-13/h2-7,18-19H,8-10H2,1H3,(H,31,34)/t18-,22+/m1/s1. The fourth-order valence-corrected chi connectivity index (χ4v) is 4.55. The minimum absolute atomic E-state index is 0.00199. The zero-order valence-corrected chi connectivity index (χ0v) is 20.4. The number of hydroxylamine groups is 2. The molecule has 2 aliphatic heterocycles. The Morgan fingerprint density at radius 2 is 1.89 bits per heavy atom. The van der Waals surface area contributed by atoms with Crippen LogP contribution in [0.15, 0.2) is 41.6 Å². The number of carbonyl (C=O) groups is 2. The van der Waals surface area contributed by atoms with E-state index in [1.807, 2.05) is 0 Å². The SMILES string of the molecule is Cc1cc(C2=NO[C@@](c3cc(Cl)cc(Cl)c3)(C(F)(F)F)C2)ccc1C(=O)N[C@@H]1CON(CC(F)F)C1=O. The number of halogens is 7. The number of nitrogens with zero attached hydrogens (tertiary/aromatic N) is 2. The summed E-state index contributed by atoms with van der Waals surface area (Å²) in [7, 11) is 0. The van der Waals surface area contributed by atoms with Crippen LogP contribution >= 0.6 is 23.2 Å². The summed E-state index contributed by atoms with van der Waals surface area (Å²) in [5.74, 6) is -1.50.